The Hall–Kier alpha value is -1.28. The first-order valence-electron chi connectivity index (χ1n) is 3.95. The molecule has 1 aromatic heterocycles. The molecule has 0 N–H and O–H groups in total. The second kappa shape index (κ2) is 2.99. The number of hydrogen-bond acceptors (Lipinski definition) is 2. The minimum Gasteiger partial charge on any atom is -0.364 e. The molecule has 2 nitrogen and oxygen atoms in total. The van der Waals surface area contributed by atoms with Gasteiger partial charge in [-0.2, -0.15) is 0 Å². The number of halogens is 1. The quantitative estimate of drug-likeness (QED) is 0.674. The fourth-order valence-electron chi connectivity index (χ4n) is 0.968. The molecule has 0 saturated carbocycles. The summed E-state index contributed by atoms with van der Waals surface area (Å²) in [6.45, 7) is 0. The lowest BCUT2D eigenvalue weighted by atomic mass is 10.2. The Balaban J connectivity index is 2.46. The molecular weight excluding hydrogens is 174 g/mol. The van der Waals surface area contributed by atoms with Crippen LogP contribution in [0.15, 0.2) is 41.1 Å². The number of benzene rings is 1. The van der Waals surface area contributed by atoms with Gasteiger partial charge >= 0.3 is 0 Å². The first-order chi connectivity index (χ1) is 6.25. The fraction of sp³-hybridized carbons (Fsp3) is 0. The second-order valence-corrected chi connectivity index (χ2v) is 2.78. The summed E-state index contributed by atoms with van der Waals surface area (Å²) in [7, 11) is 0. The predicted molar refractivity (Wildman–Crippen MR) is 46.9 cm³/mol. The van der Waals surface area contributed by atoms with Crippen LogP contribution in [0.1, 0.15) is 1.37 Å². The lowest BCUT2D eigenvalue weighted by molar-refractivity contribution is 0.422. The Morgan fingerprint density at radius 2 is 2.33 bits per heavy atom. The van der Waals surface area contributed by atoms with Crippen molar-refractivity contribution in [2.75, 3.05) is 0 Å². The first-order valence-corrected chi connectivity index (χ1v) is 3.83. The monoisotopic (exact) mass is 180 g/mol. The molecular formula is C9H6ClNO. The molecule has 0 unspecified atom stereocenters. The van der Waals surface area contributed by atoms with Crippen LogP contribution in [0.3, 0.4) is 0 Å². The molecule has 0 aliphatic heterocycles. The molecule has 0 spiro atoms. The van der Waals surface area contributed by atoms with Crippen LogP contribution in [-0.2, 0) is 0 Å². The normalized spacial score (nSPS) is 11.2. The second-order valence-electron chi connectivity index (χ2n) is 2.34. The van der Waals surface area contributed by atoms with E-state index in [4.69, 9.17) is 13.0 Å². The van der Waals surface area contributed by atoms with Crippen molar-refractivity contribution in [1.82, 2.24) is 5.16 Å². The molecule has 60 valence electrons. The fourth-order valence-corrected chi connectivity index (χ4v) is 1.16. The zero-order chi connectivity index (χ0) is 9.26. The van der Waals surface area contributed by atoms with E-state index in [2.05, 4.69) is 9.68 Å². The van der Waals surface area contributed by atoms with Gasteiger partial charge in [-0.05, 0) is 12.1 Å². The van der Waals surface area contributed by atoms with E-state index in [1.165, 1.54) is 0 Å². The summed E-state index contributed by atoms with van der Waals surface area (Å²) in [6, 6.07) is 8.80. The molecule has 2 aromatic rings. The SMILES string of the molecule is [2H]c1cc(-c2cccc(Cl)c2)no1. The van der Waals surface area contributed by atoms with Gasteiger partial charge < -0.3 is 4.52 Å². The van der Waals surface area contributed by atoms with Crippen molar-refractivity contribution in [3.8, 4) is 11.3 Å². The number of aromatic nitrogens is 1. The summed E-state index contributed by atoms with van der Waals surface area (Å²) in [5.74, 6) is 0. The van der Waals surface area contributed by atoms with Crippen LogP contribution in [0.5, 0.6) is 0 Å². The van der Waals surface area contributed by atoms with Crippen LogP contribution in [0, 0.1) is 0 Å². The molecule has 2 rings (SSSR count). The maximum absolute atomic E-state index is 7.16. The van der Waals surface area contributed by atoms with Crippen LogP contribution in [0.25, 0.3) is 11.3 Å². The highest BCUT2D eigenvalue weighted by molar-refractivity contribution is 6.30. The van der Waals surface area contributed by atoms with Crippen LogP contribution in [0.2, 0.25) is 5.02 Å². The third kappa shape index (κ3) is 1.34. The summed E-state index contributed by atoms with van der Waals surface area (Å²) < 4.78 is 11.8. The van der Waals surface area contributed by atoms with Crippen molar-refractivity contribution in [3.05, 3.63) is 41.6 Å². The summed E-state index contributed by atoms with van der Waals surface area (Å²) in [6.07, 6.45) is 0.0509. The van der Waals surface area contributed by atoms with E-state index in [0.29, 0.717) is 10.7 Å². The van der Waals surface area contributed by atoms with Gasteiger partial charge in [-0.1, -0.05) is 28.9 Å². The standard InChI is InChI=1S/C9H6ClNO/c10-8-3-1-2-7(6-8)9-4-5-12-11-9/h1-6H/i5D. The van der Waals surface area contributed by atoms with Gasteiger partial charge in [-0.15, -0.1) is 0 Å². The van der Waals surface area contributed by atoms with E-state index in [9.17, 15) is 0 Å². The Labute approximate surface area is 76.2 Å². The highest BCUT2D eigenvalue weighted by Gasteiger charge is 1.99. The average Bonchev–Trinajstić information content (AvgIpc) is 2.52. The highest BCUT2D eigenvalue weighted by atomic mass is 35.5. The predicted octanol–water partition coefficient (Wildman–Crippen LogP) is 3.00. The van der Waals surface area contributed by atoms with Gasteiger partial charge in [0, 0.05) is 16.7 Å². The van der Waals surface area contributed by atoms with E-state index in [1.54, 1.807) is 18.2 Å². The molecule has 12 heavy (non-hydrogen) atoms. The molecule has 0 bridgehead atoms. The van der Waals surface area contributed by atoms with E-state index < -0.39 is 0 Å². The van der Waals surface area contributed by atoms with Crippen molar-refractivity contribution in [2.24, 2.45) is 0 Å². The van der Waals surface area contributed by atoms with Gasteiger partial charge in [0.25, 0.3) is 0 Å². The maximum Gasteiger partial charge on any atom is 0.124 e. The van der Waals surface area contributed by atoms with Crippen LogP contribution >= 0.6 is 11.6 Å². The lowest BCUT2D eigenvalue weighted by Gasteiger charge is -1.94. The molecule has 1 aromatic carbocycles. The number of nitrogens with zero attached hydrogens (tertiary/aromatic N) is 1. The lowest BCUT2D eigenvalue weighted by Crippen LogP contribution is -1.75. The van der Waals surface area contributed by atoms with Crippen molar-refractivity contribution in [2.45, 2.75) is 0 Å². The van der Waals surface area contributed by atoms with Crippen molar-refractivity contribution in [3.63, 3.8) is 0 Å². The topological polar surface area (TPSA) is 26.0 Å². The van der Waals surface area contributed by atoms with Gasteiger partial charge in [-0.3, -0.25) is 0 Å². The Morgan fingerprint density at radius 1 is 1.42 bits per heavy atom. The highest BCUT2D eigenvalue weighted by Crippen LogP contribution is 2.20. The largest absolute Gasteiger partial charge is 0.364 e. The minimum absolute atomic E-state index is 0.0509. The molecule has 0 aliphatic rings. The van der Waals surface area contributed by atoms with Crippen molar-refractivity contribution >= 4 is 11.6 Å². The summed E-state index contributed by atoms with van der Waals surface area (Å²) in [5, 5.41) is 4.35. The summed E-state index contributed by atoms with van der Waals surface area (Å²) >= 11 is 5.80. The maximum atomic E-state index is 7.16. The molecule has 0 saturated heterocycles. The Morgan fingerprint density at radius 3 is 3.00 bits per heavy atom. The van der Waals surface area contributed by atoms with E-state index >= 15 is 0 Å². The van der Waals surface area contributed by atoms with E-state index in [0.717, 1.165) is 5.56 Å². The van der Waals surface area contributed by atoms with Gasteiger partial charge in [0.15, 0.2) is 0 Å². The van der Waals surface area contributed by atoms with Gasteiger partial charge in [0.1, 0.15) is 13.3 Å². The average molecular weight is 181 g/mol. The molecule has 3 heteroatoms. The third-order valence-corrected chi connectivity index (χ3v) is 1.75. The van der Waals surface area contributed by atoms with Gasteiger partial charge in [0.05, 0.1) is 0 Å². The molecule has 0 radical (unpaired) electrons. The van der Waals surface area contributed by atoms with Crippen molar-refractivity contribution in [1.29, 1.82) is 0 Å². The zero-order valence-corrected chi connectivity index (χ0v) is 6.88. The van der Waals surface area contributed by atoms with Crippen LogP contribution in [0.4, 0.5) is 0 Å². The molecule has 0 atom stereocenters. The summed E-state index contributed by atoms with van der Waals surface area (Å²) in [5.41, 5.74) is 1.49. The van der Waals surface area contributed by atoms with Gasteiger partial charge in [0.2, 0.25) is 0 Å². The van der Waals surface area contributed by atoms with Crippen LogP contribution in [-0.4, -0.2) is 5.16 Å². The molecule has 0 fully saturated rings. The van der Waals surface area contributed by atoms with E-state index in [1.807, 2.05) is 12.1 Å². The molecule has 1 heterocycles. The first kappa shape index (κ1) is 6.26. The summed E-state index contributed by atoms with van der Waals surface area (Å²) in [4.78, 5) is 0. The molecule has 0 aliphatic carbocycles. The Bertz CT molecular complexity index is 427. The number of rotatable bonds is 1. The molecule has 0 amide bonds. The number of hydrogen-bond donors (Lipinski definition) is 0. The van der Waals surface area contributed by atoms with Crippen LogP contribution < -0.4 is 0 Å². The van der Waals surface area contributed by atoms with Gasteiger partial charge in [-0.25, -0.2) is 0 Å². The van der Waals surface area contributed by atoms with E-state index in [-0.39, 0.29) is 6.24 Å². The van der Waals surface area contributed by atoms with Crippen molar-refractivity contribution < 1.29 is 5.89 Å². The zero-order valence-electron chi connectivity index (χ0n) is 7.12. The minimum atomic E-state index is 0.0509. The smallest absolute Gasteiger partial charge is 0.124 e. The third-order valence-electron chi connectivity index (χ3n) is 1.51. The Kier molecular flexibility index (Phi) is 1.56.